The van der Waals surface area contributed by atoms with Crippen LogP contribution in [0.25, 0.3) is 0 Å². The molecule has 0 radical (unpaired) electrons. The van der Waals surface area contributed by atoms with Crippen molar-refractivity contribution in [2.75, 3.05) is 0 Å². The molecule has 2 aliphatic heterocycles. The minimum Gasteiger partial charge on any atom is -0.446 e. The third kappa shape index (κ3) is 30.5. The summed E-state index contributed by atoms with van der Waals surface area (Å²) in [5.41, 5.74) is 18.5. The van der Waals surface area contributed by atoms with E-state index in [1.165, 1.54) is 38.4 Å². The lowest BCUT2D eigenvalue weighted by Gasteiger charge is -2.02. The van der Waals surface area contributed by atoms with Crippen LogP contribution in [-0.4, -0.2) is 74.6 Å². The quantitative estimate of drug-likeness (QED) is 0.107. The number of rotatable bonds is 0. The molecule has 0 atom stereocenters. The number of aromatic nitrogens is 9. The van der Waals surface area contributed by atoms with Crippen molar-refractivity contribution in [1.82, 2.24) is 45.4 Å². The highest BCUT2D eigenvalue weighted by atomic mass is 32.2. The number of allylic oxidation sites excluding steroid dienone is 4. The highest BCUT2D eigenvalue weighted by Gasteiger charge is 2.12. The van der Waals surface area contributed by atoms with E-state index in [0.29, 0.717) is 0 Å². The van der Waals surface area contributed by atoms with Gasteiger partial charge < -0.3 is 28.4 Å². The molecule has 17 heteroatoms. The van der Waals surface area contributed by atoms with Gasteiger partial charge in [-0.25, -0.2) is 14.4 Å². The van der Waals surface area contributed by atoms with Crippen LogP contribution < -0.4 is 0 Å². The summed E-state index contributed by atoms with van der Waals surface area (Å²) < 4.78 is 23.1. The molecular formula is C62H108N12O3S2. The van der Waals surface area contributed by atoms with E-state index in [2.05, 4.69) is 131 Å². The van der Waals surface area contributed by atoms with Gasteiger partial charge in [0.1, 0.15) is 17.3 Å². The number of hydrogen-bond donors (Lipinski definition) is 4. The molecule has 9 rings (SSSR count). The molecule has 15 nitrogen and oxygen atoms in total. The van der Waals surface area contributed by atoms with Gasteiger partial charge in [0, 0.05) is 64.3 Å². The topological polar surface area (TPSA) is 204 Å². The lowest BCUT2D eigenvalue weighted by Crippen LogP contribution is -1.86. The average Bonchev–Trinajstić information content (AvgIpc) is 4.36. The summed E-state index contributed by atoms with van der Waals surface area (Å²) in [6, 6.07) is 2.06. The Hall–Kier alpha value is -6.46. The largest absolute Gasteiger partial charge is 0.446 e. The van der Waals surface area contributed by atoms with Gasteiger partial charge >= 0.3 is 0 Å². The molecule has 2 aliphatic rings. The maximum absolute atomic E-state index is 5.10. The Morgan fingerprint density at radius 3 is 1.08 bits per heavy atom. The van der Waals surface area contributed by atoms with Gasteiger partial charge in [0.15, 0.2) is 5.89 Å². The molecule has 0 amide bonds. The smallest absolute Gasteiger partial charge is 0.191 e. The molecule has 446 valence electrons. The van der Waals surface area contributed by atoms with Crippen molar-refractivity contribution < 1.29 is 13.5 Å². The molecule has 9 heterocycles. The van der Waals surface area contributed by atoms with Gasteiger partial charge in [0.05, 0.1) is 41.0 Å². The summed E-state index contributed by atoms with van der Waals surface area (Å²) in [5.74, 6) is 19.2. The molecule has 0 saturated heterocycles. The number of imidazole rings is 1. The van der Waals surface area contributed by atoms with Crippen LogP contribution in [0.4, 0.5) is 0 Å². The van der Waals surface area contributed by atoms with Crippen molar-refractivity contribution in [2.24, 2.45) is 14.0 Å². The number of nitrogens with one attached hydrogen (secondary N) is 4. The molecule has 7 aromatic rings. The first-order valence-corrected chi connectivity index (χ1v) is 30.9. The first-order chi connectivity index (χ1) is 36.8. The van der Waals surface area contributed by atoms with Gasteiger partial charge in [0.25, 0.3) is 0 Å². The zero-order valence-electron chi connectivity index (χ0n) is 54.9. The highest BCUT2D eigenvalue weighted by Crippen LogP contribution is 2.41. The maximum Gasteiger partial charge on any atom is 0.191 e. The second-order valence-corrected chi connectivity index (χ2v) is 22.5. The van der Waals surface area contributed by atoms with Gasteiger partial charge in [-0.3, -0.25) is 5.10 Å². The molecular weight excluding hydrogens is 1020 g/mol. The zero-order valence-corrected chi connectivity index (χ0v) is 56.5. The SMILES string of the molecule is C=S1(=C)N=C(C)C(C)=C1C.C=S1(=C)N=NC(C)=C1C.CC.CC.CC.CC.Cc1c[nH]cc1C.Cc1cc[nH]c1C.Cc1cn[nH]c1C.Cc1nc(C)c(C)o1.Cc1nc[nH]c1C.Cc1noc(C)c1C.Cc1noc(C)c1C. The molecule has 0 spiro atoms. The minimum absolute atomic E-state index is 0.750. The van der Waals surface area contributed by atoms with Crippen molar-refractivity contribution in [3.8, 4) is 0 Å². The van der Waals surface area contributed by atoms with Gasteiger partial charge in [0.2, 0.25) is 0 Å². The molecule has 0 aromatic carbocycles. The molecule has 0 saturated carbocycles. The highest BCUT2D eigenvalue weighted by molar-refractivity contribution is 8.30. The van der Waals surface area contributed by atoms with E-state index in [4.69, 9.17) is 13.5 Å². The fraction of sp³-hybridized carbons (Fsp3) is 0.484. The normalized spacial score (nSPS) is 12.3. The van der Waals surface area contributed by atoms with Crippen LogP contribution in [0.5, 0.6) is 0 Å². The number of nitrogens with zero attached hydrogens (tertiary/aromatic N) is 8. The van der Waals surface area contributed by atoms with Crippen LogP contribution in [0, 0.1) is 118 Å². The fourth-order valence-corrected chi connectivity index (χ4v) is 7.57. The summed E-state index contributed by atoms with van der Waals surface area (Å²) in [7, 11) is -2.59. The second-order valence-electron chi connectivity index (χ2n) is 17.5. The standard InChI is InChI=1S/C8H13NS.C6H10N2S.3C6H9NO.2C6H9N.2C5H8N2.4C2H6/c1-6-7(2)9-10(4,5)8(6)3;1-5-6(2)9(3,4)8-7-5;1-4-5(2)8-6(3)7-4;2*1-4-5(2)7-8-6(4)3;1-5-3-7-4-6(5)2;1-5-3-4-7-6(5)2;1-4-5(2)7-3-6-4;1-4-3-6-7-5(4)2;4*1-2/h4-5H2,1-3H3;3-4H2,1-2H3;3*1-3H3;2*3-4,7H,1-2H3;2*3H,1-2H3,(H,6,7);4*1-2H3. The third-order valence-corrected chi connectivity index (χ3v) is 15.8. The summed E-state index contributed by atoms with van der Waals surface area (Å²) in [4.78, 5) is 19.4. The van der Waals surface area contributed by atoms with Crippen molar-refractivity contribution in [2.45, 2.75) is 208 Å². The lowest BCUT2D eigenvalue weighted by atomic mass is 10.2. The predicted molar refractivity (Wildman–Crippen MR) is 353 cm³/mol. The van der Waals surface area contributed by atoms with Crippen LogP contribution in [0.3, 0.4) is 0 Å². The molecule has 0 unspecified atom stereocenters. The van der Waals surface area contributed by atoms with Gasteiger partial charge in [-0.1, -0.05) is 108 Å². The van der Waals surface area contributed by atoms with E-state index in [9.17, 15) is 0 Å². The predicted octanol–water partition coefficient (Wildman–Crippen LogP) is 18.8. The van der Waals surface area contributed by atoms with E-state index in [1.54, 1.807) is 6.33 Å². The molecule has 7 aromatic heterocycles. The van der Waals surface area contributed by atoms with Crippen LogP contribution in [0.1, 0.15) is 186 Å². The summed E-state index contributed by atoms with van der Waals surface area (Å²) >= 11 is 0. The van der Waals surface area contributed by atoms with E-state index in [0.717, 1.165) is 84.8 Å². The van der Waals surface area contributed by atoms with Crippen molar-refractivity contribution in [1.29, 1.82) is 0 Å². The van der Waals surface area contributed by atoms with E-state index < -0.39 is 18.8 Å². The number of aryl methyl sites for hydroxylation is 15. The van der Waals surface area contributed by atoms with Crippen LogP contribution >= 0.6 is 18.8 Å². The number of hydrogen-bond acceptors (Lipinski definition) is 11. The third-order valence-electron chi connectivity index (χ3n) is 11.9. The summed E-state index contributed by atoms with van der Waals surface area (Å²) in [6.45, 7) is 59.8. The van der Waals surface area contributed by atoms with Crippen LogP contribution in [0.2, 0.25) is 0 Å². The fourth-order valence-electron chi connectivity index (χ4n) is 5.06. The Kier molecular flexibility index (Phi) is 41.6. The Balaban J connectivity index is -0.000000395. The summed E-state index contributed by atoms with van der Waals surface area (Å²) in [5, 5.41) is 18.0. The first-order valence-electron chi connectivity index (χ1n) is 27.0. The zero-order chi connectivity index (χ0) is 62.6. The lowest BCUT2D eigenvalue weighted by molar-refractivity contribution is 0.392. The van der Waals surface area contributed by atoms with Crippen molar-refractivity contribution >= 4 is 48.0 Å². The van der Waals surface area contributed by atoms with E-state index in [-0.39, 0.29) is 0 Å². The van der Waals surface area contributed by atoms with E-state index in [1.807, 2.05) is 191 Å². The number of H-pyrrole nitrogens is 4. The Labute approximate surface area is 480 Å². The Morgan fingerprint density at radius 1 is 0.494 bits per heavy atom. The number of oxazole rings is 1. The first kappa shape index (κ1) is 79.0. The molecule has 79 heavy (non-hydrogen) atoms. The Morgan fingerprint density at radius 2 is 0.975 bits per heavy atom. The molecule has 4 N–H and O–H groups in total. The summed E-state index contributed by atoms with van der Waals surface area (Å²) in [6.07, 6.45) is 9.45. The minimum atomic E-state index is -1.34. The molecule has 0 fully saturated rings. The van der Waals surface area contributed by atoms with Crippen LogP contribution in [-0.2, 0) is 0 Å². The van der Waals surface area contributed by atoms with Gasteiger partial charge in [-0.2, -0.15) is 5.10 Å². The van der Waals surface area contributed by atoms with Crippen LogP contribution in [0.15, 0.2) is 85.8 Å². The van der Waals surface area contributed by atoms with Gasteiger partial charge in [-0.05, 0) is 184 Å². The Bertz CT molecular complexity index is 2780. The molecule has 0 bridgehead atoms. The monoisotopic (exact) mass is 1130 g/mol. The van der Waals surface area contributed by atoms with Gasteiger partial charge in [-0.15, -0.1) is 9.63 Å². The number of aromatic amines is 4. The molecule has 0 aliphatic carbocycles. The van der Waals surface area contributed by atoms with Crippen molar-refractivity contribution in [3.05, 3.63) is 155 Å². The second kappa shape index (κ2) is 41.6. The average molecular weight is 1130 g/mol. The van der Waals surface area contributed by atoms with Crippen molar-refractivity contribution in [3.63, 3.8) is 0 Å². The maximum atomic E-state index is 5.10. The van der Waals surface area contributed by atoms with E-state index >= 15 is 0 Å².